The summed E-state index contributed by atoms with van der Waals surface area (Å²) >= 11 is 0. The van der Waals surface area contributed by atoms with Gasteiger partial charge in [-0.2, -0.15) is 13.6 Å². The molecule has 7 N–H and O–H groups in total. The Labute approximate surface area is 221 Å². The monoisotopic (exact) mass is 609 g/mol. The van der Waals surface area contributed by atoms with E-state index in [9.17, 15) is 33.4 Å². The molecule has 1 aliphatic rings. The summed E-state index contributed by atoms with van der Waals surface area (Å²) in [6, 6.07) is 3.90. The van der Waals surface area contributed by atoms with E-state index in [1.54, 1.807) is 0 Å². The molecule has 1 saturated heterocycles. The fourth-order valence-electron chi connectivity index (χ4n) is 3.52. The number of phosphoric acid groups is 3. The highest BCUT2D eigenvalue weighted by molar-refractivity contribution is 7.66. The van der Waals surface area contributed by atoms with Crippen LogP contribution in [0.4, 0.5) is 5.82 Å². The summed E-state index contributed by atoms with van der Waals surface area (Å²) < 4.78 is 52.4. The number of aliphatic hydroxyl groups is 1. The van der Waals surface area contributed by atoms with Crippen molar-refractivity contribution in [3.05, 3.63) is 56.6 Å². The molecule has 0 bridgehead atoms. The van der Waals surface area contributed by atoms with Crippen LogP contribution in [0.2, 0.25) is 0 Å². The molecule has 0 aliphatic carbocycles. The molecule has 0 saturated carbocycles. The first kappa shape index (κ1) is 31.3. The first-order valence-corrected chi connectivity index (χ1v) is 15.5. The largest absolute Gasteiger partial charge is 0.490 e. The van der Waals surface area contributed by atoms with Crippen molar-refractivity contribution in [3.63, 3.8) is 0 Å². The lowest BCUT2D eigenvalue weighted by atomic mass is 10.0. The third-order valence-corrected chi connectivity index (χ3v) is 9.29. The van der Waals surface area contributed by atoms with Gasteiger partial charge in [0.05, 0.1) is 18.3 Å². The number of aliphatic hydroxyl groups excluding tert-OH is 1. The number of hydrogen-bond acceptors (Lipinski definition) is 11. The first-order chi connectivity index (χ1) is 17.9. The second kappa shape index (κ2) is 11.7. The fraction of sp³-hybridized carbons (Fsp3) is 0.400. The molecule has 5 unspecified atom stereocenters. The van der Waals surface area contributed by atoms with Crippen LogP contribution in [0.15, 0.2) is 23.1 Å². The summed E-state index contributed by atoms with van der Waals surface area (Å²) in [7, 11) is -16.7. The maximum atomic E-state index is 12.5. The van der Waals surface area contributed by atoms with E-state index < -0.39 is 54.2 Å². The number of ether oxygens (including phenoxy) is 1. The number of aromatic nitrogens is 2. The van der Waals surface area contributed by atoms with Gasteiger partial charge in [-0.05, 0) is 43.5 Å². The molecular weight excluding hydrogens is 583 g/mol. The minimum Gasteiger partial charge on any atom is -0.390 e. The second-order valence-corrected chi connectivity index (χ2v) is 13.0. The Balaban J connectivity index is 1.75. The SMILES string of the molecule is Cc1cc(C)c(C#Cc2cn(C3CC(O)C(COP(=O)(O)OP(=O)(O)OP(=O)(O)O)O3)c(=O)nc2N)cc1C. The summed E-state index contributed by atoms with van der Waals surface area (Å²) in [5.74, 6) is 5.73. The molecule has 2 heterocycles. The average Bonchev–Trinajstić information content (AvgIpc) is 3.12. The summed E-state index contributed by atoms with van der Waals surface area (Å²) in [5.41, 5.74) is 9.06. The lowest BCUT2D eigenvalue weighted by molar-refractivity contribution is -0.0449. The average molecular weight is 609 g/mol. The van der Waals surface area contributed by atoms with Crippen LogP contribution >= 0.6 is 23.5 Å². The topological polar surface area (TPSA) is 250 Å². The van der Waals surface area contributed by atoms with Gasteiger partial charge in [0.2, 0.25) is 0 Å². The first-order valence-electron chi connectivity index (χ1n) is 11.0. The molecule has 1 aromatic heterocycles. The van der Waals surface area contributed by atoms with Gasteiger partial charge in [-0.3, -0.25) is 9.09 Å². The number of nitrogens with two attached hydrogens (primary N) is 1. The van der Waals surface area contributed by atoms with E-state index in [1.165, 1.54) is 6.20 Å². The van der Waals surface area contributed by atoms with Crippen LogP contribution < -0.4 is 11.4 Å². The molecule has 5 atom stereocenters. The van der Waals surface area contributed by atoms with E-state index in [0.29, 0.717) is 0 Å². The van der Waals surface area contributed by atoms with Crippen molar-refractivity contribution in [1.29, 1.82) is 0 Å². The highest BCUT2D eigenvalue weighted by Crippen LogP contribution is 2.66. The number of rotatable bonds is 8. The molecule has 0 radical (unpaired) electrons. The zero-order valence-corrected chi connectivity index (χ0v) is 23.4. The lowest BCUT2D eigenvalue weighted by Crippen LogP contribution is -2.29. The standard InChI is InChI=1S/C20H26N3O13P3/c1-11-6-13(3)14(7-12(11)2)4-5-15-9-23(20(25)22-19(15)21)18-8-16(24)17(34-18)10-33-38(29,30)36-39(31,32)35-37(26,27)28/h6-7,9,16-18,24H,8,10H2,1-3H3,(H,29,30)(H,31,32)(H2,21,22,25)(H2,26,27,28). The Morgan fingerprint density at radius 2 is 1.64 bits per heavy atom. The Hall–Kier alpha value is -2.21. The van der Waals surface area contributed by atoms with E-state index >= 15 is 0 Å². The van der Waals surface area contributed by atoms with Gasteiger partial charge in [-0.15, -0.1) is 0 Å². The van der Waals surface area contributed by atoms with Crippen LogP contribution in [-0.4, -0.2) is 53.0 Å². The van der Waals surface area contributed by atoms with Crippen LogP contribution in [-0.2, 0) is 31.6 Å². The minimum atomic E-state index is -5.71. The van der Waals surface area contributed by atoms with Crippen molar-refractivity contribution in [2.24, 2.45) is 0 Å². The van der Waals surface area contributed by atoms with E-state index in [1.807, 2.05) is 32.9 Å². The van der Waals surface area contributed by atoms with Crippen LogP contribution in [0.5, 0.6) is 0 Å². The van der Waals surface area contributed by atoms with Gasteiger partial charge in [-0.25, -0.2) is 18.5 Å². The number of aryl methyl sites for hydroxylation is 3. The van der Waals surface area contributed by atoms with Gasteiger partial charge in [-0.1, -0.05) is 17.9 Å². The summed E-state index contributed by atoms with van der Waals surface area (Å²) in [4.78, 5) is 52.2. The molecule has 3 rings (SSSR count). The van der Waals surface area contributed by atoms with Gasteiger partial charge in [0.25, 0.3) is 0 Å². The van der Waals surface area contributed by atoms with Crippen molar-refractivity contribution in [2.45, 2.75) is 45.6 Å². The smallest absolute Gasteiger partial charge is 0.390 e. The molecule has 214 valence electrons. The predicted octanol–water partition coefficient (Wildman–Crippen LogP) is 1.14. The third kappa shape index (κ3) is 8.64. The van der Waals surface area contributed by atoms with Crippen molar-refractivity contribution >= 4 is 29.3 Å². The Morgan fingerprint density at radius 3 is 2.28 bits per heavy atom. The fourth-order valence-corrected chi connectivity index (χ4v) is 6.55. The number of anilines is 1. The summed E-state index contributed by atoms with van der Waals surface area (Å²) in [6.07, 6.45) is -2.72. The molecule has 16 nitrogen and oxygen atoms in total. The molecule has 1 fully saturated rings. The number of benzene rings is 1. The van der Waals surface area contributed by atoms with Gasteiger partial charge >= 0.3 is 29.2 Å². The Bertz CT molecular complexity index is 1530. The number of hydrogen-bond donors (Lipinski definition) is 6. The third-order valence-electron chi connectivity index (χ3n) is 5.49. The minimum absolute atomic E-state index is 0.131. The van der Waals surface area contributed by atoms with Crippen LogP contribution in [0, 0.1) is 32.6 Å². The zero-order chi connectivity index (χ0) is 29.3. The molecular formula is C20H26N3O13P3. The lowest BCUT2D eigenvalue weighted by Gasteiger charge is -2.19. The van der Waals surface area contributed by atoms with Gasteiger partial charge < -0.3 is 35.2 Å². The maximum Gasteiger partial charge on any atom is 0.490 e. The Kier molecular flexibility index (Phi) is 9.41. The van der Waals surface area contributed by atoms with E-state index in [2.05, 4.69) is 30.0 Å². The van der Waals surface area contributed by atoms with Gasteiger partial charge in [0, 0.05) is 18.2 Å². The van der Waals surface area contributed by atoms with Gasteiger partial charge in [0.15, 0.2) is 0 Å². The van der Waals surface area contributed by atoms with Crippen molar-refractivity contribution in [3.8, 4) is 11.8 Å². The van der Waals surface area contributed by atoms with Crippen molar-refractivity contribution in [2.75, 3.05) is 12.3 Å². The summed E-state index contributed by atoms with van der Waals surface area (Å²) in [5, 5.41) is 10.3. The van der Waals surface area contributed by atoms with Gasteiger partial charge in [0.1, 0.15) is 18.1 Å². The highest BCUT2D eigenvalue weighted by atomic mass is 31.3. The van der Waals surface area contributed by atoms with Crippen LogP contribution in [0.3, 0.4) is 0 Å². The molecule has 0 spiro atoms. The zero-order valence-electron chi connectivity index (χ0n) is 20.7. The second-order valence-electron chi connectivity index (χ2n) is 8.55. The quantitative estimate of drug-likeness (QED) is 0.181. The normalized spacial score (nSPS) is 22.5. The maximum absolute atomic E-state index is 12.5. The van der Waals surface area contributed by atoms with Crippen LogP contribution in [0.25, 0.3) is 0 Å². The van der Waals surface area contributed by atoms with Crippen molar-refractivity contribution < 1.29 is 56.3 Å². The number of nitrogens with zero attached hydrogens (tertiary/aromatic N) is 2. The molecule has 0 amide bonds. The van der Waals surface area contributed by atoms with E-state index in [4.69, 9.17) is 20.3 Å². The summed E-state index contributed by atoms with van der Waals surface area (Å²) in [6.45, 7) is 4.93. The van der Waals surface area contributed by atoms with Crippen LogP contribution in [0.1, 0.15) is 40.5 Å². The Morgan fingerprint density at radius 1 is 1.03 bits per heavy atom. The highest BCUT2D eigenvalue weighted by Gasteiger charge is 2.43. The van der Waals surface area contributed by atoms with Crippen molar-refractivity contribution in [1.82, 2.24) is 9.55 Å². The number of phosphoric ester groups is 1. The number of nitrogen functional groups attached to an aromatic ring is 1. The molecule has 1 aromatic carbocycles. The van der Waals surface area contributed by atoms with E-state index in [-0.39, 0.29) is 17.8 Å². The molecule has 39 heavy (non-hydrogen) atoms. The molecule has 1 aliphatic heterocycles. The molecule has 2 aromatic rings. The molecule has 19 heteroatoms. The predicted molar refractivity (Wildman–Crippen MR) is 134 cm³/mol. The van der Waals surface area contributed by atoms with E-state index in [0.717, 1.165) is 26.8 Å².